The van der Waals surface area contributed by atoms with Crippen LogP contribution in [-0.4, -0.2) is 23.0 Å². The predicted octanol–water partition coefficient (Wildman–Crippen LogP) is 3.22. The number of hydrogen-bond donors (Lipinski definition) is 1. The Balaban J connectivity index is 2.24. The molecule has 1 unspecified atom stereocenters. The monoisotopic (exact) mass is 283 g/mol. The van der Waals surface area contributed by atoms with Gasteiger partial charge < -0.3 is 5.73 Å². The molecular formula is C18H25N3. The summed E-state index contributed by atoms with van der Waals surface area (Å²) in [5.74, 6) is 0. The molecule has 21 heavy (non-hydrogen) atoms. The van der Waals surface area contributed by atoms with Crippen LogP contribution in [0.4, 0.5) is 0 Å². The van der Waals surface area contributed by atoms with E-state index in [0.717, 1.165) is 18.8 Å². The van der Waals surface area contributed by atoms with Gasteiger partial charge in [-0.15, -0.1) is 0 Å². The average Bonchev–Trinajstić information content (AvgIpc) is 2.47. The van der Waals surface area contributed by atoms with Crippen molar-refractivity contribution in [3.8, 4) is 0 Å². The van der Waals surface area contributed by atoms with E-state index in [1.54, 1.807) is 0 Å². The molecule has 1 aromatic carbocycles. The smallest absolute Gasteiger partial charge is 0.0544 e. The van der Waals surface area contributed by atoms with Gasteiger partial charge in [0.1, 0.15) is 0 Å². The van der Waals surface area contributed by atoms with E-state index < -0.39 is 0 Å². The van der Waals surface area contributed by atoms with Gasteiger partial charge in [-0.1, -0.05) is 42.3 Å². The minimum Gasteiger partial charge on any atom is -0.329 e. The molecule has 1 atom stereocenters. The zero-order valence-corrected chi connectivity index (χ0v) is 13.2. The van der Waals surface area contributed by atoms with E-state index in [0.29, 0.717) is 6.54 Å². The maximum absolute atomic E-state index is 6.07. The van der Waals surface area contributed by atoms with Crippen LogP contribution in [0.15, 0.2) is 42.6 Å². The van der Waals surface area contributed by atoms with Gasteiger partial charge in [-0.3, -0.25) is 9.88 Å². The molecule has 0 saturated heterocycles. The van der Waals surface area contributed by atoms with Gasteiger partial charge in [0, 0.05) is 25.3 Å². The molecule has 0 radical (unpaired) electrons. The molecule has 2 N–H and O–H groups in total. The Bertz CT molecular complexity index is 546. The lowest BCUT2D eigenvalue weighted by molar-refractivity contribution is 0.201. The largest absolute Gasteiger partial charge is 0.329 e. The summed E-state index contributed by atoms with van der Waals surface area (Å²) < 4.78 is 0. The van der Waals surface area contributed by atoms with Crippen molar-refractivity contribution in [2.24, 2.45) is 5.73 Å². The van der Waals surface area contributed by atoms with Crippen molar-refractivity contribution in [1.29, 1.82) is 0 Å². The van der Waals surface area contributed by atoms with Crippen LogP contribution in [0.3, 0.4) is 0 Å². The Labute approximate surface area is 127 Å². The van der Waals surface area contributed by atoms with Crippen molar-refractivity contribution in [2.75, 3.05) is 13.1 Å². The van der Waals surface area contributed by atoms with Crippen LogP contribution in [0.5, 0.6) is 0 Å². The van der Waals surface area contributed by atoms with Crippen LogP contribution < -0.4 is 5.73 Å². The number of likely N-dealkylation sites (N-methyl/N-ethyl adjacent to an activating group) is 1. The molecular weight excluding hydrogens is 258 g/mol. The molecule has 1 heterocycles. The quantitative estimate of drug-likeness (QED) is 0.885. The van der Waals surface area contributed by atoms with Crippen LogP contribution in [0.25, 0.3) is 0 Å². The van der Waals surface area contributed by atoms with Crippen LogP contribution in [0.1, 0.15) is 35.3 Å². The molecule has 3 nitrogen and oxygen atoms in total. The summed E-state index contributed by atoms with van der Waals surface area (Å²) in [5.41, 5.74) is 11.0. The first-order chi connectivity index (χ1) is 10.1. The van der Waals surface area contributed by atoms with Gasteiger partial charge in [0.2, 0.25) is 0 Å². The third-order valence-corrected chi connectivity index (χ3v) is 3.79. The molecule has 0 bridgehead atoms. The zero-order chi connectivity index (χ0) is 15.2. The molecule has 112 valence electrons. The van der Waals surface area contributed by atoms with Gasteiger partial charge >= 0.3 is 0 Å². The first-order valence-electron chi connectivity index (χ1n) is 7.56. The van der Waals surface area contributed by atoms with E-state index >= 15 is 0 Å². The third-order valence-electron chi connectivity index (χ3n) is 3.79. The van der Waals surface area contributed by atoms with Crippen LogP contribution in [0.2, 0.25) is 0 Å². The second kappa shape index (κ2) is 7.34. The van der Waals surface area contributed by atoms with E-state index in [1.165, 1.54) is 16.7 Å². The van der Waals surface area contributed by atoms with Gasteiger partial charge in [-0.2, -0.15) is 0 Å². The lowest BCUT2D eigenvalue weighted by Gasteiger charge is -2.30. The summed E-state index contributed by atoms with van der Waals surface area (Å²) >= 11 is 0. The molecule has 0 aliphatic heterocycles. The van der Waals surface area contributed by atoms with E-state index in [2.05, 4.69) is 54.9 Å². The first-order valence-corrected chi connectivity index (χ1v) is 7.56. The number of nitrogens with two attached hydrogens (primary N) is 1. The SMILES string of the molecule is CCN(Cc1ccccn1)C(CN)c1cc(C)cc(C)c1. The Morgan fingerprint density at radius 2 is 1.86 bits per heavy atom. The van der Waals surface area contributed by atoms with E-state index in [4.69, 9.17) is 5.73 Å². The fraction of sp³-hybridized carbons (Fsp3) is 0.389. The van der Waals surface area contributed by atoms with Crippen LogP contribution >= 0.6 is 0 Å². The summed E-state index contributed by atoms with van der Waals surface area (Å²) in [6, 6.07) is 13.0. The Kier molecular flexibility index (Phi) is 5.48. The van der Waals surface area contributed by atoms with Crippen molar-refractivity contribution in [2.45, 2.75) is 33.4 Å². The summed E-state index contributed by atoms with van der Waals surface area (Å²) in [6.07, 6.45) is 1.84. The number of hydrogen-bond acceptors (Lipinski definition) is 3. The Morgan fingerprint density at radius 1 is 1.14 bits per heavy atom. The lowest BCUT2D eigenvalue weighted by Crippen LogP contribution is -2.33. The maximum Gasteiger partial charge on any atom is 0.0544 e. The van der Waals surface area contributed by atoms with E-state index in [-0.39, 0.29) is 6.04 Å². The van der Waals surface area contributed by atoms with E-state index in [1.807, 2.05) is 18.3 Å². The highest BCUT2D eigenvalue weighted by molar-refractivity contribution is 5.31. The number of aromatic nitrogens is 1. The minimum atomic E-state index is 0.232. The molecule has 3 heteroatoms. The maximum atomic E-state index is 6.07. The van der Waals surface area contributed by atoms with Gasteiger partial charge in [0.15, 0.2) is 0 Å². The predicted molar refractivity (Wildman–Crippen MR) is 88.0 cm³/mol. The van der Waals surface area contributed by atoms with Crippen LogP contribution in [-0.2, 0) is 6.54 Å². The topological polar surface area (TPSA) is 42.2 Å². The number of rotatable bonds is 6. The third kappa shape index (κ3) is 4.13. The molecule has 0 aliphatic rings. The fourth-order valence-electron chi connectivity index (χ4n) is 2.84. The van der Waals surface area contributed by atoms with Crippen molar-refractivity contribution >= 4 is 0 Å². The van der Waals surface area contributed by atoms with Gasteiger partial charge in [0.25, 0.3) is 0 Å². The summed E-state index contributed by atoms with van der Waals surface area (Å²) in [4.78, 5) is 6.81. The van der Waals surface area contributed by atoms with Crippen molar-refractivity contribution < 1.29 is 0 Å². The van der Waals surface area contributed by atoms with Crippen molar-refractivity contribution in [1.82, 2.24) is 9.88 Å². The molecule has 2 aromatic rings. The normalized spacial score (nSPS) is 12.6. The fourth-order valence-corrected chi connectivity index (χ4v) is 2.84. The molecule has 1 aromatic heterocycles. The van der Waals surface area contributed by atoms with Gasteiger partial charge in [-0.05, 0) is 38.1 Å². The highest BCUT2D eigenvalue weighted by Gasteiger charge is 2.18. The van der Waals surface area contributed by atoms with Gasteiger partial charge in [0.05, 0.1) is 5.69 Å². The Morgan fingerprint density at radius 3 is 2.38 bits per heavy atom. The second-order valence-corrected chi connectivity index (χ2v) is 5.56. The molecule has 0 spiro atoms. The van der Waals surface area contributed by atoms with Crippen molar-refractivity contribution in [3.63, 3.8) is 0 Å². The minimum absolute atomic E-state index is 0.232. The standard InChI is InChI=1S/C18H25N3/c1-4-21(13-17-7-5-6-8-20-17)18(12-19)16-10-14(2)9-15(3)11-16/h5-11,18H,4,12-13,19H2,1-3H3. The van der Waals surface area contributed by atoms with Gasteiger partial charge in [-0.25, -0.2) is 0 Å². The Hall–Kier alpha value is -1.71. The molecule has 0 aliphatic carbocycles. The summed E-state index contributed by atoms with van der Waals surface area (Å²) in [7, 11) is 0. The van der Waals surface area contributed by atoms with Crippen molar-refractivity contribution in [3.05, 3.63) is 65.0 Å². The van der Waals surface area contributed by atoms with Crippen LogP contribution in [0, 0.1) is 13.8 Å². The molecule has 0 amide bonds. The number of pyridine rings is 1. The van der Waals surface area contributed by atoms with E-state index in [9.17, 15) is 0 Å². The highest BCUT2D eigenvalue weighted by Crippen LogP contribution is 2.23. The highest BCUT2D eigenvalue weighted by atomic mass is 15.2. The number of benzene rings is 1. The first kappa shape index (κ1) is 15.7. The summed E-state index contributed by atoms with van der Waals surface area (Å²) in [5, 5.41) is 0. The average molecular weight is 283 g/mol. The molecule has 0 saturated carbocycles. The zero-order valence-electron chi connectivity index (χ0n) is 13.2. The number of aryl methyl sites for hydroxylation is 2. The molecule has 0 fully saturated rings. The lowest BCUT2D eigenvalue weighted by atomic mass is 10.00. The molecule has 2 rings (SSSR count). The second-order valence-electron chi connectivity index (χ2n) is 5.56. The number of nitrogens with zero attached hydrogens (tertiary/aromatic N) is 2. The summed E-state index contributed by atoms with van der Waals surface area (Å²) in [6.45, 7) is 8.84.